The first-order valence-electron chi connectivity index (χ1n) is 8.47. The minimum Gasteiger partial charge on any atom is -0.457 e. The molecule has 3 aromatic rings. The van der Waals surface area contributed by atoms with E-state index in [0.717, 1.165) is 6.07 Å². The number of ether oxygens (including phenoxy) is 1. The maximum absolute atomic E-state index is 14.0. The van der Waals surface area contributed by atoms with Crippen molar-refractivity contribution in [1.29, 1.82) is 0 Å². The fourth-order valence-corrected chi connectivity index (χ4v) is 2.61. The summed E-state index contributed by atoms with van der Waals surface area (Å²) in [7, 11) is 0. The van der Waals surface area contributed by atoms with Crippen molar-refractivity contribution in [3.05, 3.63) is 88.7 Å². The third kappa shape index (κ3) is 4.56. The maximum atomic E-state index is 14.0. The van der Waals surface area contributed by atoms with E-state index in [1.54, 1.807) is 0 Å². The molecule has 9 heteroatoms. The Kier molecular flexibility index (Phi) is 5.73. The van der Waals surface area contributed by atoms with Crippen LogP contribution in [0.15, 0.2) is 54.6 Å². The predicted molar refractivity (Wildman–Crippen MR) is 97.0 cm³/mol. The van der Waals surface area contributed by atoms with Crippen LogP contribution >= 0.6 is 0 Å². The maximum Gasteiger partial charge on any atom is 0.419 e. The van der Waals surface area contributed by atoms with Gasteiger partial charge in [-0.25, -0.2) is 13.2 Å². The number of amides is 1. The minimum atomic E-state index is -4.75. The summed E-state index contributed by atoms with van der Waals surface area (Å²) in [6, 6.07) is 8.91. The third-order valence-corrected chi connectivity index (χ3v) is 4.10. The number of hydrogen-bond donors (Lipinski definition) is 1. The molecule has 0 aliphatic rings. The molecule has 1 N–H and O–H groups in total. The number of benzene rings is 3. The molecule has 0 heterocycles. The van der Waals surface area contributed by atoms with Crippen molar-refractivity contribution in [3.8, 4) is 11.5 Å². The molecule has 0 unspecified atom stereocenters. The summed E-state index contributed by atoms with van der Waals surface area (Å²) in [6.07, 6.45) is -4.75. The number of aryl methyl sites for hydroxylation is 1. The highest BCUT2D eigenvalue weighted by Gasteiger charge is 2.34. The minimum absolute atomic E-state index is 0.0722. The summed E-state index contributed by atoms with van der Waals surface area (Å²) in [6.45, 7) is 1.37. The Balaban J connectivity index is 1.79. The lowest BCUT2D eigenvalue weighted by atomic mass is 10.1. The van der Waals surface area contributed by atoms with Gasteiger partial charge in [0.2, 0.25) is 0 Å². The fraction of sp³-hybridized carbons (Fsp3) is 0.0952. The first kappa shape index (κ1) is 21.2. The van der Waals surface area contributed by atoms with Gasteiger partial charge in [0.05, 0.1) is 5.56 Å². The molecule has 156 valence electrons. The van der Waals surface area contributed by atoms with Gasteiger partial charge in [0.25, 0.3) is 5.91 Å². The summed E-state index contributed by atoms with van der Waals surface area (Å²) in [5, 5.41) is 2.29. The van der Waals surface area contributed by atoms with Gasteiger partial charge in [-0.3, -0.25) is 4.79 Å². The van der Waals surface area contributed by atoms with Crippen molar-refractivity contribution < 1.29 is 35.9 Å². The largest absolute Gasteiger partial charge is 0.457 e. The molecular formula is C21H13F6NO2. The van der Waals surface area contributed by atoms with Gasteiger partial charge < -0.3 is 10.1 Å². The molecular weight excluding hydrogens is 412 g/mol. The molecule has 0 bridgehead atoms. The smallest absolute Gasteiger partial charge is 0.419 e. The standard InChI is InChI=1S/C21H13F6NO2/c1-11-2-9-16(23)18(19(11)24)20(29)28-13-4-6-14(7-5-13)30-17-10-12(22)3-8-15(17)21(25,26)27/h2-10H,1H3,(H,28,29). The first-order chi connectivity index (χ1) is 14.1. The normalized spacial score (nSPS) is 11.3. The molecule has 1 amide bonds. The second-order valence-corrected chi connectivity index (χ2v) is 6.27. The van der Waals surface area contributed by atoms with Gasteiger partial charge in [-0.2, -0.15) is 13.2 Å². The van der Waals surface area contributed by atoms with Crippen LogP contribution in [0.1, 0.15) is 21.5 Å². The van der Waals surface area contributed by atoms with Crippen molar-refractivity contribution in [2.24, 2.45) is 0 Å². The lowest BCUT2D eigenvalue weighted by molar-refractivity contribution is -0.138. The highest BCUT2D eigenvalue weighted by molar-refractivity contribution is 6.04. The van der Waals surface area contributed by atoms with Gasteiger partial charge in [0.1, 0.15) is 34.5 Å². The number of halogens is 6. The van der Waals surface area contributed by atoms with Gasteiger partial charge >= 0.3 is 6.18 Å². The molecule has 0 saturated heterocycles. The predicted octanol–water partition coefficient (Wildman–Crippen LogP) is 6.48. The summed E-state index contributed by atoms with van der Waals surface area (Å²) in [4.78, 5) is 12.2. The summed E-state index contributed by atoms with van der Waals surface area (Å²) in [5.41, 5.74) is -1.72. The summed E-state index contributed by atoms with van der Waals surface area (Å²) in [5.74, 6) is -4.80. The van der Waals surface area contributed by atoms with E-state index in [1.165, 1.54) is 37.3 Å². The quantitative estimate of drug-likeness (QED) is 0.486. The Morgan fingerprint density at radius 3 is 2.23 bits per heavy atom. The first-order valence-corrected chi connectivity index (χ1v) is 8.47. The molecule has 3 rings (SSSR count). The van der Waals surface area contributed by atoms with E-state index in [4.69, 9.17) is 4.74 Å². The molecule has 30 heavy (non-hydrogen) atoms. The van der Waals surface area contributed by atoms with Gasteiger partial charge in [-0.1, -0.05) is 6.07 Å². The second-order valence-electron chi connectivity index (χ2n) is 6.27. The number of carbonyl (C=O) groups excluding carboxylic acids is 1. The van der Waals surface area contributed by atoms with Crippen LogP contribution < -0.4 is 10.1 Å². The van der Waals surface area contributed by atoms with Crippen molar-refractivity contribution in [3.63, 3.8) is 0 Å². The number of carbonyl (C=O) groups is 1. The van der Waals surface area contributed by atoms with E-state index < -0.39 is 46.4 Å². The van der Waals surface area contributed by atoms with E-state index in [9.17, 15) is 31.1 Å². The monoisotopic (exact) mass is 425 g/mol. The number of alkyl halides is 3. The molecule has 0 saturated carbocycles. The molecule has 3 nitrogen and oxygen atoms in total. The van der Waals surface area contributed by atoms with Crippen molar-refractivity contribution in [1.82, 2.24) is 0 Å². The number of rotatable bonds is 4. The Bertz CT molecular complexity index is 1090. The van der Waals surface area contributed by atoms with Crippen LogP contribution in [0.4, 0.5) is 32.0 Å². The highest BCUT2D eigenvalue weighted by atomic mass is 19.4. The lowest BCUT2D eigenvalue weighted by Gasteiger charge is -2.14. The SMILES string of the molecule is Cc1ccc(F)c(C(=O)Nc2ccc(Oc3cc(F)ccc3C(F)(F)F)cc2)c1F. The second kappa shape index (κ2) is 8.10. The Morgan fingerprint density at radius 1 is 0.933 bits per heavy atom. The van der Waals surface area contributed by atoms with Crippen LogP contribution in [-0.2, 0) is 6.18 Å². The average Bonchev–Trinajstić information content (AvgIpc) is 2.66. The van der Waals surface area contributed by atoms with E-state index in [0.29, 0.717) is 18.2 Å². The Labute approximate surface area is 166 Å². The zero-order valence-corrected chi connectivity index (χ0v) is 15.3. The molecule has 0 fully saturated rings. The summed E-state index contributed by atoms with van der Waals surface area (Å²) >= 11 is 0. The van der Waals surface area contributed by atoms with Crippen LogP contribution in [0.3, 0.4) is 0 Å². The number of anilines is 1. The van der Waals surface area contributed by atoms with Crippen LogP contribution in [0.5, 0.6) is 11.5 Å². The molecule has 0 aliphatic heterocycles. The van der Waals surface area contributed by atoms with Gasteiger partial charge in [0.15, 0.2) is 0 Å². The number of hydrogen-bond acceptors (Lipinski definition) is 2. The fourth-order valence-electron chi connectivity index (χ4n) is 2.61. The molecule has 0 aliphatic carbocycles. The lowest BCUT2D eigenvalue weighted by Crippen LogP contribution is -2.16. The zero-order valence-electron chi connectivity index (χ0n) is 15.3. The van der Waals surface area contributed by atoms with Gasteiger partial charge in [-0.05, 0) is 55.0 Å². The topological polar surface area (TPSA) is 38.3 Å². The van der Waals surface area contributed by atoms with Crippen LogP contribution in [0, 0.1) is 24.4 Å². The Hall–Kier alpha value is -3.49. The molecule has 0 atom stereocenters. The molecule has 0 radical (unpaired) electrons. The average molecular weight is 425 g/mol. The van der Waals surface area contributed by atoms with Gasteiger partial charge in [-0.15, -0.1) is 0 Å². The number of nitrogens with one attached hydrogen (secondary N) is 1. The van der Waals surface area contributed by atoms with E-state index in [2.05, 4.69) is 5.32 Å². The zero-order chi connectivity index (χ0) is 22.1. The van der Waals surface area contributed by atoms with Crippen molar-refractivity contribution >= 4 is 11.6 Å². The van der Waals surface area contributed by atoms with Gasteiger partial charge in [0, 0.05) is 11.8 Å². The third-order valence-electron chi connectivity index (χ3n) is 4.10. The van der Waals surface area contributed by atoms with Crippen molar-refractivity contribution in [2.75, 3.05) is 5.32 Å². The molecule has 0 aromatic heterocycles. The Morgan fingerprint density at radius 2 is 1.60 bits per heavy atom. The summed E-state index contributed by atoms with van der Waals surface area (Å²) < 4.78 is 85.4. The van der Waals surface area contributed by atoms with Crippen molar-refractivity contribution in [2.45, 2.75) is 13.1 Å². The molecule has 0 spiro atoms. The van der Waals surface area contributed by atoms with E-state index in [1.807, 2.05) is 0 Å². The van der Waals surface area contributed by atoms with E-state index in [-0.39, 0.29) is 17.0 Å². The molecule has 3 aromatic carbocycles. The highest BCUT2D eigenvalue weighted by Crippen LogP contribution is 2.38. The van der Waals surface area contributed by atoms with E-state index >= 15 is 0 Å². The van der Waals surface area contributed by atoms with Crippen LogP contribution in [0.2, 0.25) is 0 Å². The van der Waals surface area contributed by atoms with Crippen LogP contribution in [0.25, 0.3) is 0 Å². The van der Waals surface area contributed by atoms with Crippen LogP contribution in [-0.4, -0.2) is 5.91 Å².